The predicted molar refractivity (Wildman–Crippen MR) is 54.8 cm³/mol. The van der Waals surface area contributed by atoms with Crippen LogP contribution in [0.1, 0.15) is 5.82 Å². The summed E-state index contributed by atoms with van der Waals surface area (Å²) in [5.41, 5.74) is 2.11. The molecule has 3 N–H and O–H groups in total. The molecular formula is C9H10N4O2. The number of imidazole rings is 1. The van der Waals surface area contributed by atoms with Gasteiger partial charge in [0.05, 0.1) is 5.69 Å². The van der Waals surface area contributed by atoms with E-state index in [0.717, 1.165) is 11.2 Å². The highest BCUT2D eigenvalue weighted by atomic mass is 16.4. The van der Waals surface area contributed by atoms with Crippen LogP contribution in [0.5, 0.6) is 0 Å². The van der Waals surface area contributed by atoms with Gasteiger partial charge in [0.15, 0.2) is 5.65 Å². The van der Waals surface area contributed by atoms with E-state index in [2.05, 4.69) is 20.3 Å². The van der Waals surface area contributed by atoms with Crippen molar-refractivity contribution in [3.05, 3.63) is 18.1 Å². The SMILES string of the molecule is CNc1ccnc2nc(CC(=O)O)[nH]c12. The first-order valence-electron chi connectivity index (χ1n) is 4.44. The van der Waals surface area contributed by atoms with Gasteiger partial charge in [-0.25, -0.2) is 9.97 Å². The van der Waals surface area contributed by atoms with E-state index in [-0.39, 0.29) is 6.42 Å². The Balaban J connectivity index is 2.50. The van der Waals surface area contributed by atoms with Gasteiger partial charge in [-0.05, 0) is 6.07 Å². The number of nitrogens with zero attached hydrogens (tertiary/aromatic N) is 2. The third-order valence-corrected chi connectivity index (χ3v) is 2.03. The molecule has 0 unspecified atom stereocenters. The highest BCUT2D eigenvalue weighted by Gasteiger charge is 2.09. The second kappa shape index (κ2) is 3.56. The molecule has 2 heterocycles. The maximum Gasteiger partial charge on any atom is 0.311 e. The van der Waals surface area contributed by atoms with E-state index in [4.69, 9.17) is 5.11 Å². The van der Waals surface area contributed by atoms with Crippen LogP contribution in [0.2, 0.25) is 0 Å². The number of carboxylic acid groups (broad SMARTS) is 1. The van der Waals surface area contributed by atoms with Crippen molar-refractivity contribution in [2.45, 2.75) is 6.42 Å². The summed E-state index contributed by atoms with van der Waals surface area (Å²) in [4.78, 5) is 21.5. The Bertz CT molecular complexity index is 506. The number of nitrogens with one attached hydrogen (secondary N) is 2. The lowest BCUT2D eigenvalue weighted by atomic mass is 10.3. The van der Waals surface area contributed by atoms with Crippen LogP contribution >= 0.6 is 0 Å². The average molecular weight is 206 g/mol. The minimum Gasteiger partial charge on any atom is -0.481 e. The van der Waals surface area contributed by atoms with Gasteiger partial charge in [0.25, 0.3) is 0 Å². The van der Waals surface area contributed by atoms with E-state index in [1.54, 1.807) is 19.3 Å². The lowest BCUT2D eigenvalue weighted by Gasteiger charge is -1.98. The minimum atomic E-state index is -0.917. The highest BCUT2D eigenvalue weighted by Crippen LogP contribution is 2.18. The fourth-order valence-corrected chi connectivity index (χ4v) is 1.39. The number of rotatable bonds is 3. The van der Waals surface area contributed by atoms with Crippen LogP contribution in [-0.4, -0.2) is 33.1 Å². The maximum absolute atomic E-state index is 10.5. The second-order valence-electron chi connectivity index (χ2n) is 3.06. The smallest absolute Gasteiger partial charge is 0.311 e. The number of pyridine rings is 1. The molecule has 2 aromatic rings. The molecule has 2 rings (SSSR count). The molecule has 0 fully saturated rings. The minimum absolute atomic E-state index is 0.125. The summed E-state index contributed by atoms with van der Waals surface area (Å²) in [7, 11) is 1.78. The number of carboxylic acids is 1. The number of aliphatic carboxylic acids is 1. The summed E-state index contributed by atoms with van der Waals surface area (Å²) >= 11 is 0. The molecule has 15 heavy (non-hydrogen) atoms. The van der Waals surface area contributed by atoms with Crippen molar-refractivity contribution in [3.8, 4) is 0 Å². The van der Waals surface area contributed by atoms with Gasteiger partial charge in [-0.2, -0.15) is 0 Å². The number of hydrogen-bond acceptors (Lipinski definition) is 4. The first-order valence-corrected chi connectivity index (χ1v) is 4.44. The van der Waals surface area contributed by atoms with Crippen molar-refractivity contribution in [1.82, 2.24) is 15.0 Å². The Hall–Kier alpha value is -2.11. The van der Waals surface area contributed by atoms with Crippen LogP contribution in [0.4, 0.5) is 5.69 Å². The molecule has 0 aromatic carbocycles. The molecule has 0 radical (unpaired) electrons. The Morgan fingerprint density at radius 1 is 1.67 bits per heavy atom. The maximum atomic E-state index is 10.5. The molecule has 0 amide bonds. The first kappa shape index (κ1) is 9.45. The van der Waals surface area contributed by atoms with Gasteiger partial charge in [0.2, 0.25) is 0 Å². The van der Waals surface area contributed by atoms with Gasteiger partial charge in [0.1, 0.15) is 17.8 Å². The molecule has 0 bridgehead atoms. The molecule has 0 atom stereocenters. The molecule has 0 aliphatic carbocycles. The summed E-state index contributed by atoms with van der Waals surface area (Å²) in [5.74, 6) is -0.507. The quantitative estimate of drug-likeness (QED) is 0.685. The number of aromatic amines is 1. The Morgan fingerprint density at radius 2 is 2.47 bits per heavy atom. The number of fused-ring (bicyclic) bond motifs is 1. The molecule has 0 spiro atoms. The van der Waals surface area contributed by atoms with Gasteiger partial charge in [-0.1, -0.05) is 0 Å². The lowest BCUT2D eigenvalue weighted by molar-refractivity contribution is -0.136. The van der Waals surface area contributed by atoms with E-state index < -0.39 is 5.97 Å². The number of carbonyl (C=O) groups is 1. The summed E-state index contributed by atoms with van der Waals surface area (Å²) in [6.07, 6.45) is 1.50. The molecule has 6 nitrogen and oxygen atoms in total. The molecule has 0 aliphatic heterocycles. The number of H-pyrrole nitrogens is 1. The van der Waals surface area contributed by atoms with E-state index in [9.17, 15) is 4.79 Å². The zero-order valence-electron chi connectivity index (χ0n) is 8.11. The molecule has 0 saturated heterocycles. The summed E-state index contributed by atoms with van der Waals surface area (Å²) in [5, 5.41) is 11.6. The largest absolute Gasteiger partial charge is 0.481 e. The summed E-state index contributed by atoms with van der Waals surface area (Å²) in [6.45, 7) is 0. The van der Waals surface area contributed by atoms with Crippen LogP contribution in [0.15, 0.2) is 12.3 Å². The van der Waals surface area contributed by atoms with E-state index in [0.29, 0.717) is 11.5 Å². The third-order valence-electron chi connectivity index (χ3n) is 2.03. The van der Waals surface area contributed by atoms with Crippen LogP contribution in [-0.2, 0) is 11.2 Å². The zero-order valence-corrected chi connectivity index (χ0v) is 8.11. The van der Waals surface area contributed by atoms with E-state index in [1.165, 1.54) is 0 Å². The molecule has 2 aromatic heterocycles. The van der Waals surface area contributed by atoms with Gasteiger partial charge < -0.3 is 15.4 Å². The number of hydrogen-bond donors (Lipinski definition) is 3. The average Bonchev–Trinajstić information content (AvgIpc) is 2.58. The van der Waals surface area contributed by atoms with Crippen molar-refractivity contribution in [3.63, 3.8) is 0 Å². The molecule has 0 saturated carbocycles. The van der Waals surface area contributed by atoms with E-state index in [1.807, 2.05) is 0 Å². The topological polar surface area (TPSA) is 90.9 Å². The Kier molecular flexibility index (Phi) is 2.24. The fraction of sp³-hybridized carbons (Fsp3) is 0.222. The van der Waals surface area contributed by atoms with Crippen molar-refractivity contribution in [2.24, 2.45) is 0 Å². The normalized spacial score (nSPS) is 10.5. The van der Waals surface area contributed by atoms with Crippen LogP contribution in [0.3, 0.4) is 0 Å². The van der Waals surface area contributed by atoms with Crippen molar-refractivity contribution in [1.29, 1.82) is 0 Å². The van der Waals surface area contributed by atoms with Gasteiger partial charge in [-0.3, -0.25) is 4.79 Å². The first-order chi connectivity index (χ1) is 7.20. The summed E-state index contributed by atoms with van der Waals surface area (Å²) in [6, 6.07) is 1.80. The third kappa shape index (κ3) is 1.74. The van der Waals surface area contributed by atoms with Crippen LogP contribution < -0.4 is 5.32 Å². The number of aromatic nitrogens is 3. The fourth-order valence-electron chi connectivity index (χ4n) is 1.39. The van der Waals surface area contributed by atoms with Gasteiger partial charge in [-0.15, -0.1) is 0 Å². The van der Waals surface area contributed by atoms with Crippen LogP contribution in [0.25, 0.3) is 11.2 Å². The Labute approximate surface area is 85.4 Å². The highest BCUT2D eigenvalue weighted by molar-refractivity contribution is 5.85. The molecular weight excluding hydrogens is 196 g/mol. The molecule has 78 valence electrons. The van der Waals surface area contributed by atoms with Crippen molar-refractivity contribution >= 4 is 22.8 Å². The van der Waals surface area contributed by atoms with Gasteiger partial charge >= 0.3 is 5.97 Å². The monoisotopic (exact) mass is 206 g/mol. The molecule has 0 aliphatic rings. The second-order valence-corrected chi connectivity index (χ2v) is 3.06. The zero-order chi connectivity index (χ0) is 10.8. The summed E-state index contributed by atoms with van der Waals surface area (Å²) < 4.78 is 0. The lowest BCUT2D eigenvalue weighted by Crippen LogP contribution is -2.01. The van der Waals surface area contributed by atoms with Crippen molar-refractivity contribution in [2.75, 3.05) is 12.4 Å². The molecule has 6 heteroatoms. The van der Waals surface area contributed by atoms with Crippen molar-refractivity contribution < 1.29 is 9.90 Å². The number of anilines is 1. The Morgan fingerprint density at radius 3 is 3.13 bits per heavy atom. The predicted octanol–water partition coefficient (Wildman–Crippen LogP) is 0.627. The van der Waals surface area contributed by atoms with E-state index >= 15 is 0 Å². The van der Waals surface area contributed by atoms with Gasteiger partial charge in [0, 0.05) is 13.2 Å². The standard InChI is InChI=1S/C9H10N4O2/c1-10-5-2-3-11-9-8(5)12-6(13-9)4-7(14)15/h2-3H,4H2,1H3,(H,14,15)(H2,10,11,12,13). The van der Waals surface area contributed by atoms with Crippen LogP contribution in [0, 0.1) is 0 Å².